The molecule has 0 bridgehead atoms. The van der Waals surface area contributed by atoms with Crippen molar-refractivity contribution in [2.24, 2.45) is 0 Å². The maximum Gasteiger partial charge on any atom is 0.168 e. The van der Waals surface area contributed by atoms with Gasteiger partial charge in [0.2, 0.25) is 0 Å². The number of benzene rings is 2. The van der Waals surface area contributed by atoms with Crippen LogP contribution in [0.5, 0.6) is 0 Å². The monoisotopic (exact) mass is 344 g/mol. The van der Waals surface area contributed by atoms with Crippen LogP contribution in [0.1, 0.15) is 15.9 Å². The number of hydrogen-bond acceptors (Lipinski definition) is 1. The summed E-state index contributed by atoms with van der Waals surface area (Å²) in [5.74, 6) is -1.55. The SMILES string of the molecule is O=C(Cc1cc(F)ccc1F)c1cccc(Br)c1Cl. The first-order valence-electron chi connectivity index (χ1n) is 5.40. The summed E-state index contributed by atoms with van der Waals surface area (Å²) >= 11 is 9.20. The summed E-state index contributed by atoms with van der Waals surface area (Å²) < 4.78 is 27.1. The van der Waals surface area contributed by atoms with E-state index in [-0.39, 0.29) is 28.4 Å². The fourth-order valence-corrected chi connectivity index (χ4v) is 2.26. The van der Waals surface area contributed by atoms with Crippen LogP contribution in [0.2, 0.25) is 5.02 Å². The van der Waals surface area contributed by atoms with Gasteiger partial charge in [-0.3, -0.25) is 4.79 Å². The lowest BCUT2D eigenvalue weighted by atomic mass is 10.0. The van der Waals surface area contributed by atoms with E-state index in [0.717, 1.165) is 18.2 Å². The van der Waals surface area contributed by atoms with Crippen molar-refractivity contribution in [3.05, 3.63) is 68.7 Å². The predicted octanol–water partition coefficient (Wildman–Crippen LogP) is 4.81. The van der Waals surface area contributed by atoms with Gasteiger partial charge in [0, 0.05) is 16.5 Å². The smallest absolute Gasteiger partial charge is 0.168 e. The maximum atomic E-state index is 13.5. The van der Waals surface area contributed by atoms with Crippen molar-refractivity contribution in [2.45, 2.75) is 6.42 Å². The summed E-state index contributed by atoms with van der Waals surface area (Å²) in [4.78, 5) is 12.1. The number of carbonyl (C=O) groups is 1. The highest BCUT2D eigenvalue weighted by Crippen LogP contribution is 2.27. The number of rotatable bonds is 3. The lowest BCUT2D eigenvalue weighted by Gasteiger charge is -2.06. The molecule has 0 saturated carbocycles. The largest absolute Gasteiger partial charge is 0.294 e. The van der Waals surface area contributed by atoms with E-state index < -0.39 is 11.6 Å². The quantitative estimate of drug-likeness (QED) is 0.730. The van der Waals surface area contributed by atoms with Gasteiger partial charge in [0.1, 0.15) is 11.6 Å². The van der Waals surface area contributed by atoms with Crippen LogP contribution in [0.4, 0.5) is 8.78 Å². The average molecular weight is 346 g/mol. The minimum Gasteiger partial charge on any atom is -0.294 e. The van der Waals surface area contributed by atoms with E-state index in [9.17, 15) is 13.6 Å². The second kappa shape index (κ2) is 5.80. The van der Waals surface area contributed by atoms with Crippen molar-refractivity contribution in [1.29, 1.82) is 0 Å². The molecule has 19 heavy (non-hydrogen) atoms. The normalized spacial score (nSPS) is 10.5. The third-order valence-electron chi connectivity index (χ3n) is 2.61. The molecule has 0 radical (unpaired) electrons. The van der Waals surface area contributed by atoms with Crippen LogP contribution >= 0.6 is 27.5 Å². The molecule has 0 N–H and O–H groups in total. The molecule has 0 unspecified atom stereocenters. The van der Waals surface area contributed by atoms with Gasteiger partial charge < -0.3 is 0 Å². The Morgan fingerprint density at radius 2 is 1.95 bits per heavy atom. The molecule has 0 aliphatic heterocycles. The van der Waals surface area contributed by atoms with Gasteiger partial charge in [-0.15, -0.1) is 0 Å². The van der Waals surface area contributed by atoms with Gasteiger partial charge >= 0.3 is 0 Å². The van der Waals surface area contributed by atoms with Crippen molar-refractivity contribution in [2.75, 3.05) is 0 Å². The molecule has 0 aromatic heterocycles. The molecule has 0 heterocycles. The topological polar surface area (TPSA) is 17.1 Å². The molecule has 0 aliphatic carbocycles. The van der Waals surface area contributed by atoms with Crippen molar-refractivity contribution >= 4 is 33.3 Å². The van der Waals surface area contributed by atoms with E-state index in [1.165, 1.54) is 0 Å². The molecule has 0 atom stereocenters. The fraction of sp³-hybridized carbons (Fsp3) is 0.0714. The van der Waals surface area contributed by atoms with Gasteiger partial charge in [-0.2, -0.15) is 0 Å². The second-order valence-electron chi connectivity index (χ2n) is 3.94. The van der Waals surface area contributed by atoms with E-state index in [1.54, 1.807) is 18.2 Å². The Hall–Kier alpha value is -1.26. The Kier molecular flexibility index (Phi) is 4.32. The molecule has 5 heteroatoms. The Balaban J connectivity index is 2.31. The zero-order valence-corrected chi connectivity index (χ0v) is 11.9. The Bertz CT molecular complexity index is 643. The lowest BCUT2D eigenvalue weighted by Crippen LogP contribution is -2.06. The maximum absolute atomic E-state index is 13.5. The van der Waals surface area contributed by atoms with Crippen LogP contribution in [0, 0.1) is 11.6 Å². The Morgan fingerprint density at radius 1 is 1.21 bits per heavy atom. The van der Waals surface area contributed by atoms with Crippen molar-refractivity contribution < 1.29 is 13.6 Å². The molecule has 2 aromatic rings. The molecule has 0 spiro atoms. The minimum absolute atomic E-state index is 0.0149. The van der Waals surface area contributed by atoms with Crippen LogP contribution in [-0.4, -0.2) is 5.78 Å². The van der Waals surface area contributed by atoms with E-state index in [1.807, 2.05) is 0 Å². The summed E-state index contributed by atoms with van der Waals surface area (Å²) in [7, 11) is 0. The van der Waals surface area contributed by atoms with Crippen LogP contribution in [0.25, 0.3) is 0 Å². The van der Waals surface area contributed by atoms with Crippen LogP contribution in [-0.2, 0) is 6.42 Å². The van der Waals surface area contributed by atoms with Gasteiger partial charge in [0.25, 0.3) is 0 Å². The van der Waals surface area contributed by atoms with Crippen LogP contribution in [0.3, 0.4) is 0 Å². The Morgan fingerprint density at radius 3 is 2.68 bits per heavy atom. The van der Waals surface area contributed by atoms with Gasteiger partial charge in [-0.25, -0.2) is 8.78 Å². The Labute approximate surface area is 122 Å². The summed E-state index contributed by atoms with van der Waals surface area (Å²) in [5.41, 5.74) is 0.292. The standard InChI is InChI=1S/C14H8BrClF2O/c15-11-3-1-2-10(14(11)16)13(19)7-8-6-9(17)4-5-12(8)18/h1-6H,7H2. The molecular weight excluding hydrogens is 338 g/mol. The molecule has 98 valence electrons. The highest BCUT2D eigenvalue weighted by molar-refractivity contribution is 9.10. The zero-order valence-electron chi connectivity index (χ0n) is 9.59. The highest BCUT2D eigenvalue weighted by atomic mass is 79.9. The summed E-state index contributed by atoms with van der Waals surface area (Å²) in [6.45, 7) is 0. The number of halogens is 4. The minimum atomic E-state index is -0.610. The molecule has 2 rings (SSSR count). The number of Topliss-reactive ketones (excluding diaryl/α,β-unsaturated/α-hetero) is 1. The first-order chi connectivity index (χ1) is 8.99. The molecule has 0 aliphatic rings. The zero-order chi connectivity index (χ0) is 14.0. The first-order valence-corrected chi connectivity index (χ1v) is 6.57. The van der Waals surface area contributed by atoms with Gasteiger partial charge in [0.05, 0.1) is 5.02 Å². The van der Waals surface area contributed by atoms with E-state index in [4.69, 9.17) is 11.6 Å². The molecule has 0 saturated heterocycles. The van der Waals surface area contributed by atoms with Gasteiger partial charge in [-0.1, -0.05) is 17.7 Å². The summed E-state index contributed by atoms with van der Waals surface area (Å²) in [5, 5.41) is 0.268. The number of hydrogen-bond donors (Lipinski definition) is 0. The predicted molar refractivity (Wildman–Crippen MR) is 73.5 cm³/mol. The summed E-state index contributed by atoms with van der Waals surface area (Å²) in [6, 6.07) is 7.93. The van der Waals surface area contributed by atoms with Gasteiger partial charge in [-0.05, 0) is 51.8 Å². The molecule has 0 fully saturated rings. The second-order valence-corrected chi connectivity index (χ2v) is 5.17. The fourth-order valence-electron chi connectivity index (χ4n) is 1.67. The first kappa shape index (κ1) is 14.2. The van der Waals surface area contributed by atoms with E-state index in [0.29, 0.717) is 4.47 Å². The molecule has 1 nitrogen and oxygen atoms in total. The summed E-state index contributed by atoms with van der Waals surface area (Å²) in [6.07, 6.45) is -0.236. The van der Waals surface area contributed by atoms with Crippen LogP contribution in [0.15, 0.2) is 40.9 Å². The third-order valence-corrected chi connectivity index (χ3v) is 3.91. The molecule has 2 aromatic carbocycles. The average Bonchev–Trinajstić information content (AvgIpc) is 2.37. The van der Waals surface area contributed by atoms with Crippen LogP contribution < -0.4 is 0 Å². The van der Waals surface area contributed by atoms with E-state index >= 15 is 0 Å². The number of ketones is 1. The van der Waals surface area contributed by atoms with Gasteiger partial charge in [0.15, 0.2) is 5.78 Å². The third kappa shape index (κ3) is 3.19. The van der Waals surface area contributed by atoms with Crippen molar-refractivity contribution in [1.82, 2.24) is 0 Å². The molecule has 0 amide bonds. The van der Waals surface area contributed by atoms with Crippen molar-refractivity contribution in [3.8, 4) is 0 Å². The highest BCUT2D eigenvalue weighted by Gasteiger charge is 2.15. The lowest BCUT2D eigenvalue weighted by molar-refractivity contribution is 0.0992. The van der Waals surface area contributed by atoms with E-state index in [2.05, 4.69) is 15.9 Å². The van der Waals surface area contributed by atoms with Crippen molar-refractivity contribution in [3.63, 3.8) is 0 Å². The number of carbonyl (C=O) groups excluding carboxylic acids is 1. The molecular formula is C14H8BrClF2O.